The molecule has 0 unspecified atom stereocenters. The first-order valence-corrected chi connectivity index (χ1v) is 8.30. The molecule has 0 aliphatic heterocycles. The Balaban J connectivity index is 2.00. The summed E-state index contributed by atoms with van der Waals surface area (Å²) in [5, 5.41) is 2.05. The lowest BCUT2D eigenvalue weighted by molar-refractivity contribution is 0.340. The van der Waals surface area contributed by atoms with Gasteiger partial charge in [0.05, 0.1) is 24.3 Å². The molecule has 0 spiro atoms. The minimum absolute atomic E-state index is 0.660. The van der Waals surface area contributed by atoms with E-state index in [0.29, 0.717) is 13.2 Å². The van der Waals surface area contributed by atoms with Crippen LogP contribution in [0.2, 0.25) is 0 Å². The molecule has 0 aliphatic rings. The molecule has 2 heterocycles. The third-order valence-corrected chi connectivity index (χ3v) is 4.12. The molecule has 3 rings (SSSR count). The highest BCUT2D eigenvalue weighted by Crippen LogP contribution is 2.22. The molecule has 1 aromatic carbocycles. The fraction of sp³-hybridized carbons (Fsp3) is 0.167. The molecular formula is C18H18N2O2S. The molecule has 0 saturated heterocycles. The van der Waals surface area contributed by atoms with Crippen molar-refractivity contribution in [1.82, 2.24) is 4.57 Å². The lowest BCUT2D eigenvalue weighted by Gasteiger charge is -2.04. The SMILES string of the molecule is C=CCn1c(-c2ccco2)csc1=Nc1ccc(OCC)cc1. The van der Waals surface area contributed by atoms with Crippen molar-refractivity contribution in [2.75, 3.05) is 6.61 Å². The van der Waals surface area contributed by atoms with Gasteiger partial charge in [-0.05, 0) is 43.3 Å². The molecule has 0 radical (unpaired) electrons. The summed E-state index contributed by atoms with van der Waals surface area (Å²) in [7, 11) is 0. The van der Waals surface area contributed by atoms with E-state index < -0.39 is 0 Å². The van der Waals surface area contributed by atoms with Crippen LogP contribution < -0.4 is 9.54 Å². The van der Waals surface area contributed by atoms with Gasteiger partial charge in [0, 0.05) is 11.9 Å². The third kappa shape index (κ3) is 3.46. The Morgan fingerprint density at radius 3 is 2.78 bits per heavy atom. The van der Waals surface area contributed by atoms with E-state index in [1.807, 2.05) is 49.4 Å². The second-order valence-electron chi connectivity index (χ2n) is 4.82. The van der Waals surface area contributed by atoms with Gasteiger partial charge in [-0.3, -0.25) is 0 Å². The normalized spacial score (nSPS) is 11.6. The van der Waals surface area contributed by atoms with Crippen LogP contribution >= 0.6 is 11.3 Å². The Bertz CT molecular complexity index is 827. The van der Waals surface area contributed by atoms with Gasteiger partial charge >= 0.3 is 0 Å². The molecule has 4 nitrogen and oxygen atoms in total. The number of aromatic nitrogens is 1. The molecule has 118 valence electrons. The Labute approximate surface area is 139 Å². The van der Waals surface area contributed by atoms with Crippen LogP contribution in [0.5, 0.6) is 5.75 Å². The number of ether oxygens (including phenoxy) is 1. The molecule has 0 saturated carbocycles. The number of hydrogen-bond donors (Lipinski definition) is 0. The first kappa shape index (κ1) is 15.4. The summed E-state index contributed by atoms with van der Waals surface area (Å²) in [6.45, 7) is 7.14. The monoisotopic (exact) mass is 326 g/mol. The maximum absolute atomic E-state index is 5.51. The minimum atomic E-state index is 0.660. The summed E-state index contributed by atoms with van der Waals surface area (Å²) in [6, 6.07) is 11.6. The number of benzene rings is 1. The van der Waals surface area contributed by atoms with E-state index in [1.54, 1.807) is 17.6 Å². The van der Waals surface area contributed by atoms with Crippen molar-refractivity contribution in [3.8, 4) is 17.2 Å². The molecule has 0 atom stereocenters. The molecular weight excluding hydrogens is 308 g/mol. The lowest BCUT2D eigenvalue weighted by atomic mass is 10.3. The quantitative estimate of drug-likeness (QED) is 0.620. The molecule has 2 aromatic heterocycles. The van der Waals surface area contributed by atoms with Gasteiger partial charge in [0.25, 0.3) is 0 Å². The van der Waals surface area contributed by atoms with E-state index in [-0.39, 0.29) is 0 Å². The van der Waals surface area contributed by atoms with E-state index in [0.717, 1.165) is 27.7 Å². The van der Waals surface area contributed by atoms with Crippen LogP contribution in [-0.2, 0) is 6.54 Å². The number of rotatable bonds is 6. The summed E-state index contributed by atoms with van der Waals surface area (Å²) in [6.07, 6.45) is 3.53. The zero-order chi connectivity index (χ0) is 16.1. The van der Waals surface area contributed by atoms with Gasteiger partial charge in [-0.15, -0.1) is 17.9 Å². The molecule has 3 aromatic rings. The maximum atomic E-state index is 5.51. The van der Waals surface area contributed by atoms with E-state index in [4.69, 9.17) is 14.1 Å². The molecule has 0 aliphatic carbocycles. The van der Waals surface area contributed by atoms with Crippen molar-refractivity contribution in [3.05, 3.63) is 65.5 Å². The smallest absolute Gasteiger partial charge is 0.190 e. The van der Waals surface area contributed by atoms with Crippen LogP contribution in [0.25, 0.3) is 11.5 Å². The second-order valence-corrected chi connectivity index (χ2v) is 5.66. The summed E-state index contributed by atoms with van der Waals surface area (Å²) in [5.74, 6) is 1.68. The average Bonchev–Trinajstić information content (AvgIpc) is 3.20. The van der Waals surface area contributed by atoms with Gasteiger partial charge in [0.2, 0.25) is 0 Å². The summed E-state index contributed by atoms with van der Waals surface area (Å²) in [4.78, 5) is 5.63. The van der Waals surface area contributed by atoms with Gasteiger partial charge in [0.1, 0.15) is 5.75 Å². The fourth-order valence-electron chi connectivity index (χ4n) is 2.24. The Hall–Kier alpha value is -2.53. The highest BCUT2D eigenvalue weighted by molar-refractivity contribution is 7.07. The predicted octanol–water partition coefficient (Wildman–Crippen LogP) is 4.63. The summed E-state index contributed by atoms with van der Waals surface area (Å²) >= 11 is 1.58. The van der Waals surface area contributed by atoms with Crippen LogP contribution in [0, 0.1) is 0 Å². The van der Waals surface area contributed by atoms with Gasteiger partial charge in [-0.1, -0.05) is 6.08 Å². The average molecular weight is 326 g/mol. The van der Waals surface area contributed by atoms with Gasteiger partial charge in [-0.2, -0.15) is 0 Å². The zero-order valence-corrected chi connectivity index (χ0v) is 13.8. The molecule has 0 amide bonds. The van der Waals surface area contributed by atoms with Crippen molar-refractivity contribution in [3.63, 3.8) is 0 Å². The fourth-order valence-corrected chi connectivity index (χ4v) is 3.16. The first-order valence-electron chi connectivity index (χ1n) is 7.42. The number of nitrogens with zero attached hydrogens (tertiary/aromatic N) is 2. The van der Waals surface area contributed by atoms with Crippen LogP contribution in [0.1, 0.15) is 6.92 Å². The van der Waals surface area contributed by atoms with E-state index >= 15 is 0 Å². The number of furan rings is 1. The van der Waals surface area contributed by atoms with Crippen LogP contribution in [0.15, 0.2) is 70.1 Å². The molecule has 5 heteroatoms. The Morgan fingerprint density at radius 1 is 1.30 bits per heavy atom. The van der Waals surface area contributed by atoms with Gasteiger partial charge in [0.15, 0.2) is 10.6 Å². The summed E-state index contributed by atoms with van der Waals surface area (Å²) < 4.78 is 13.1. The lowest BCUT2D eigenvalue weighted by Crippen LogP contribution is -2.14. The second kappa shape index (κ2) is 7.15. The molecule has 23 heavy (non-hydrogen) atoms. The summed E-state index contributed by atoms with van der Waals surface area (Å²) in [5.41, 5.74) is 1.89. The van der Waals surface area contributed by atoms with E-state index in [1.165, 1.54) is 0 Å². The Kier molecular flexibility index (Phi) is 4.78. The number of thiazole rings is 1. The van der Waals surface area contributed by atoms with Crippen LogP contribution in [0.4, 0.5) is 5.69 Å². The number of hydrogen-bond acceptors (Lipinski definition) is 4. The van der Waals surface area contributed by atoms with E-state index in [2.05, 4.69) is 16.5 Å². The predicted molar refractivity (Wildman–Crippen MR) is 93.0 cm³/mol. The van der Waals surface area contributed by atoms with Crippen molar-refractivity contribution < 1.29 is 9.15 Å². The highest BCUT2D eigenvalue weighted by Gasteiger charge is 2.09. The molecule has 0 bridgehead atoms. The largest absolute Gasteiger partial charge is 0.494 e. The van der Waals surface area contributed by atoms with Crippen molar-refractivity contribution in [2.24, 2.45) is 4.99 Å². The zero-order valence-electron chi connectivity index (χ0n) is 12.9. The standard InChI is InChI=1S/C18H18N2O2S/c1-3-11-20-16(17-6-5-12-22-17)13-23-18(20)19-14-7-9-15(10-8-14)21-4-2/h3,5-10,12-13H,1,4,11H2,2H3. The minimum Gasteiger partial charge on any atom is -0.494 e. The van der Waals surface area contributed by atoms with Crippen LogP contribution in [-0.4, -0.2) is 11.2 Å². The number of allylic oxidation sites excluding steroid dienone is 1. The Morgan fingerprint density at radius 2 is 2.13 bits per heavy atom. The van der Waals surface area contributed by atoms with Crippen molar-refractivity contribution in [2.45, 2.75) is 13.5 Å². The first-order chi connectivity index (χ1) is 11.3. The topological polar surface area (TPSA) is 39.7 Å². The van der Waals surface area contributed by atoms with Gasteiger partial charge < -0.3 is 13.7 Å². The van der Waals surface area contributed by atoms with Crippen LogP contribution in [0.3, 0.4) is 0 Å². The highest BCUT2D eigenvalue weighted by atomic mass is 32.1. The maximum Gasteiger partial charge on any atom is 0.190 e. The van der Waals surface area contributed by atoms with Crippen molar-refractivity contribution in [1.29, 1.82) is 0 Å². The van der Waals surface area contributed by atoms with Gasteiger partial charge in [-0.25, -0.2) is 4.99 Å². The molecule has 0 fully saturated rings. The molecule has 0 N–H and O–H groups in total. The third-order valence-electron chi connectivity index (χ3n) is 3.26. The van der Waals surface area contributed by atoms with Crippen molar-refractivity contribution >= 4 is 17.0 Å². The van der Waals surface area contributed by atoms with E-state index in [9.17, 15) is 0 Å².